The van der Waals surface area contributed by atoms with Crippen LogP contribution in [0.2, 0.25) is 0 Å². The molecule has 35 heavy (non-hydrogen) atoms. The molecular formula is C26H28N4O4S. The van der Waals surface area contributed by atoms with Crippen molar-refractivity contribution in [2.24, 2.45) is 5.73 Å². The van der Waals surface area contributed by atoms with E-state index in [1.54, 1.807) is 17.0 Å². The van der Waals surface area contributed by atoms with Crippen LogP contribution < -0.4 is 11.1 Å². The molecule has 1 aliphatic rings. The topological polar surface area (TPSA) is 113 Å². The number of carbonyl (C=O) groups is 2. The number of amides is 2. The molecule has 1 aliphatic heterocycles. The third-order valence-corrected chi connectivity index (χ3v) is 7.93. The van der Waals surface area contributed by atoms with Crippen molar-refractivity contribution in [3.8, 4) is 0 Å². The number of hydrogen-bond donors (Lipinski definition) is 2. The van der Waals surface area contributed by atoms with Crippen LogP contribution in [0.15, 0.2) is 83.8 Å². The van der Waals surface area contributed by atoms with Gasteiger partial charge >= 0.3 is 0 Å². The number of primary amides is 1. The van der Waals surface area contributed by atoms with E-state index in [-0.39, 0.29) is 23.9 Å². The first-order valence-electron chi connectivity index (χ1n) is 11.2. The second-order valence-electron chi connectivity index (χ2n) is 8.62. The van der Waals surface area contributed by atoms with Gasteiger partial charge in [0, 0.05) is 25.8 Å². The van der Waals surface area contributed by atoms with Crippen LogP contribution in [0.1, 0.15) is 16.7 Å². The van der Waals surface area contributed by atoms with Gasteiger partial charge in [-0.05, 0) is 47.4 Å². The number of fused-ring (bicyclic) bond motifs is 1. The number of hydrogen-bond acceptors (Lipinski definition) is 5. The van der Waals surface area contributed by atoms with Crippen molar-refractivity contribution in [3.05, 3.63) is 95.6 Å². The van der Waals surface area contributed by atoms with Gasteiger partial charge in [0.15, 0.2) is 0 Å². The first kappa shape index (κ1) is 24.6. The molecule has 1 heterocycles. The zero-order valence-corrected chi connectivity index (χ0v) is 20.2. The minimum atomic E-state index is -3.69. The number of nitrogens with zero attached hydrogens (tertiary/aromatic N) is 2. The molecular weight excluding hydrogens is 464 g/mol. The largest absolute Gasteiger partial charge is 0.368 e. The lowest BCUT2D eigenvalue weighted by Gasteiger charge is -2.34. The van der Waals surface area contributed by atoms with Crippen LogP contribution in [0.4, 0.5) is 5.69 Å². The van der Waals surface area contributed by atoms with E-state index in [1.807, 2.05) is 54.6 Å². The number of anilines is 1. The molecule has 0 unspecified atom stereocenters. The molecule has 3 aromatic rings. The van der Waals surface area contributed by atoms with Crippen molar-refractivity contribution in [3.63, 3.8) is 0 Å². The molecule has 1 atom stereocenters. The summed E-state index contributed by atoms with van der Waals surface area (Å²) < 4.78 is 27.1. The molecule has 8 nitrogen and oxygen atoms in total. The SMILES string of the molecule is CN(Cc1ccccc1)S(=O)(=O)c1ccc(NC(=O)CN2Cc3ccccc3C[C@H]2C(N)=O)cc1. The summed E-state index contributed by atoms with van der Waals surface area (Å²) in [6.45, 7) is 0.686. The Kier molecular flexibility index (Phi) is 7.30. The molecule has 0 saturated carbocycles. The van der Waals surface area contributed by atoms with Gasteiger partial charge in [0.05, 0.1) is 17.5 Å². The average Bonchev–Trinajstić information content (AvgIpc) is 2.84. The van der Waals surface area contributed by atoms with Crippen LogP contribution in [0.3, 0.4) is 0 Å². The third-order valence-electron chi connectivity index (χ3n) is 6.12. The molecule has 0 aliphatic carbocycles. The third kappa shape index (κ3) is 5.76. The van der Waals surface area contributed by atoms with Gasteiger partial charge in [0.1, 0.15) is 0 Å². The lowest BCUT2D eigenvalue weighted by molar-refractivity contribution is -0.125. The Bertz CT molecular complexity index is 1310. The first-order chi connectivity index (χ1) is 16.7. The van der Waals surface area contributed by atoms with Gasteiger partial charge in [-0.2, -0.15) is 4.31 Å². The molecule has 0 spiro atoms. The van der Waals surface area contributed by atoms with Gasteiger partial charge in [-0.15, -0.1) is 0 Å². The smallest absolute Gasteiger partial charge is 0.243 e. The van der Waals surface area contributed by atoms with Gasteiger partial charge < -0.3 is 11.1 Å². The summed E-state index contributed by atoms with van der Waals surface area (Å²) in [5, 5.41) is 2.78. The van der Waals surface area contributed by atoms with E-state index >= 15 is 0 Å². The van der Waals surface area contributed by atoms with Crippen molar-refractivity contribution < 1.29 is 18.0 Å². The van der Waals surface area contributed by atoms with Crippen molar-refractivity contribution in [1.29, 1.82) is 0 Å². The number of benzene rings is 3. The number of nitrogens with two attached hydrogens (primary N) is 1. The van der Waals surface area contributed by atoms with Crippen molar-refractivity contribution in [2.45, 2.75) is 30.4 Å². The van der Waals surface area contributed by atoms with Crippen molar-refractivity contribution >= 4 is 27.5 Å². The van der Waals surface area contributed by atoms with Gasteiger partial charge in [-0.25, -0.2) is 8.42 Å². The van der Waals surface area contributed by atoms with E-state index in [0.717, 1.165) is 16.7 Å². The predicted molar refractivity (Wildman–Crippen MR) is 134 cm³/mol. The van der Waals surface area contributed by atoms with Gasteiger partial charge in [-0.3, -0.25) is 14.5 Å². The fourth-order valence-electron chi connectivity index (χ4n) is 4.22. The Morgan fingerprint density at radius 3 is 2.26 bits per heavy atom. The Labute approximate surface area is 205 Å². The van der Waals surface area contributed by atoms with Crippen LogP contribution in [0, 0.1) is 0 Å². The Balaban J connectivity index is 1.40. The van der Waals surface area contributed by atoms with Gasteiger partial charge in [0.25, 0.3) is 0 Å². The maximum absolute atomic E-state index is 12.9. The maximum Gasteiger partial charge on any atom is 0.243 e. The maximum atomic E-state index is 12.9. The highest BCUT2D eigenvalue weighted by molar-refractivity contribution is 7.89. The van der Waals surface area contributed by atoms with Gasteiger partial charge in [-0.1, -0.05) is 54.6 Å². The van der Waals surface area contributed by atoms with E-state index in [0.29, 0.717) is 18.7 Å². The molecule has 4 rings (SSSR count). The summed E-state index contributed by atoms with van der Waals surface area (Å²) in [7, 11) is -2.16. The van der Waals surface area contributed by atoms with Crippen molar-refractivity contribution in [1.82, 2.24) is 9.21 Å². The molecule has 3 N–H and O–H groups in total. The minimum Gasteiger partial charge on any atom is -0.368 e. The standard InChI is InChI=1S/C26H28N4O4S/c1-29(16-19-7-3-2-4-8-19)35(33,34)23-13-11-22(12-14-23)28-25(31)18-30-17-21-10-6-5-9-20(21)15-24(30)26(27)32/h2-14,24H,15-18H2,1H3,(H2,27,32)(H,28,31)/t24-/m0/s1. The summed E-state index contributed by atoms with van der Waals surface area (Å²) in [5.74, 6) is -0.783. The zero-order chi connectivity index (χ0) is 25.0. The van der Waals surface area contributed by atoms with Crippen LogP contribution in [0.5, 0.6) is 0 Å². The van der Waals surface area contributed by atoms with Gasteiger partial charge in [0.2, 0.25) is 21.8 Å². The number of nitrogens with one attached hydrogen (secondary N) is 1. The fraction of sp³-hybridized carbons (Fsp3) is 0.231. The summed E-state index contributed by atoms with van der Waals surface area (Å²) in [6.07, 6.45) is 0.460. The number of rotatable bonds is 8. The first-order valence-corrected chi connectivity index (χ1v) is 12.7. The predicted octanol–water partition coefficient (Wildman–Crippen LogP) is 2.36. The highest BCUT2D eigenvalue weighted by atomic mass is 32.2. The highest BCUT2D eigenvalue weighted by Gasteiger charge is 2.31. The second kappa shape index (κ2) is 10.4. The molecule has 182 valence electrons. The minimum absolute atomic E-state index is 0.0121. The van der Waals surface area contributed by atoms with E-state index in [1.165, 1.54) is 23.5 Å². The number of sulfonamides is 1. The van der Waals surface area contributed by atoms with Crippen molar-refractivity contribution in [2.75, 3.05) is 18.9 Å². The Hall–Kier alpha value is -3.53. The molecule has 9 heteroatoms. The summed E-state index contributed by atoms with van der Waals surface area (Å²) in [6, 6.07) is 22.6. The second-order valence-corrected chi connectivity index (χ2v) is 10.7. The molecule has 0 bridgehead atoms. The summed E-state index contributed by atoms with van der Waals surface area (Å²) >= 11 is 0. The van der Waals surface area contributed by atoms with Crippen LogP contribution in [-0.4, -0.2) is 49.1 Å². The quantitative estimate of drug-likeness (QED) is 0.501. The van der Waals surface area contributed by atoms with E-state index in [4.69, 9.17) is 5.73 Å². The molecule has 0 saturated heterocycles. The van der Waals surface area contributed by atoms with Crippen LogP contribution in [-0.2, 0) is 39.1 Å². The lowest BCUT2D eigenvalue weighted by Crippen LogP contribution is -2.50. The summed E-state index contributed by atoms with van der Waals surface area (Å²) in [5.41, 5.74) is 9.07. The van der Waals surface area contributed by atoms with E-state index < -0.39 is 22.0 Å². The molecule has 3 aromatic carbocycles. The lowest BCUT2D eigenvalue weighted by atomic mass is 9.93. The fourth-order valence-corrected chi connectivity index (χ4v) is 5.38. The Morgan fingerprint density at radius 2 is 1.60 bits per heavy atom. The normalized spacial score (nSPS) is 16.0. The highest BCUT2D eigenvalue weighted by Crippen LogP contribution is 2.24. The average molecular weight is 493 g/mol. The van der Waals surface area contributed by atoms with Crippen LogP contribution in [0.25, 0.3) is 0 Å². The van der Waals surface area contributed by atoms with Crippen LogP contribution >= 0.6 is 0 Å². The molecule has 0 fully saturated rings. The monoisotopic (exact) mass is 492 g/mol. The zero-order valence-electron chi connectivity index (χ0n) is 19.4. The number of carbonyl (C=O) groups excluding carboxylic acids is 2. The van der Waals surface area contributed by atoms with E-state index in [9.17, 15) is 18.0 Å². The Morgan fingerprint density at radius 1 is 0.971 bits per heavy atom. The van der Waals surface area contributed by atoms with E-state index in [2.05, 4.69) is 5.32 Å². The summed E-state index contributed by atoms with van der Waals surface area (Å²) in [4.78, 5) is 26.6. The molecule has 0 aromatic heterocycles. The molecule has 0 radical (unpaired) electrons. The molecule has 2 amide bonds.